The summed E-state index contributed by atoms with van der Waals surface area (Å²) in [5, 5.41) is 0. The Hall–Kier alpha value is -1.28. The summed E-state index contributed by atoms with van der Waals surface area (Å²) < 4.78 is 28.3. The molecule has 0 saturated heterocycles. The molecule has 0 aliphatic heterocycles. The van der Waals surface area contributed by atoms with Crippen molar-refractivity contribution in [3.63, 3.8) is 0 Å². The van der Waals surface area contributed by atoms with Crippen LogP contribution in [0.25, 0.3) is 0 Å². The lowest BCUT2D eigenvalue weighted by atomic mass is 10.1. The Bertz CT molecular complexity index is 717. The maximum Gasteiger partial charge on any atom is 0.261 e. The number of rotatable bonds is 3. The molecule has 0 bridgehead atoms. The first kappa shape index (κ1) is 15.1. The molecule has 2 aromatic rings. The summed E-state index contributed by atoms with van der Waals surface area (Å²) in [4.78, 5) is 0.177. The number of nitrogen functional groups attached to an aromatic ring is 1. The van der Waals surface area contributed by atoms with Crippen LogP contribution < -0.4 is 10.5 Å². The predicted octanol–water partition coefficient (Wildman–Crippen LogP) is 3.29. The molecule has 0 aliphatic rings. The zero-order chi connectivity index (χ0) is 14.9. The molecule has 2 aromatic carbocycles. The molecule has 0 spiro atoms. The van der Waals surface area contributed by atoms with Gasteiger partial charge in [-0.3, -0.25) is 4.72 Å². The third-order valence-electron chi connectivity index (χ3n) is 3.09. The lowest BCUT2D eigenvalue weighted by molar-refractivity contribution is 0.601. The van der Waals surface area contributed by atoms with Crippen LogP contribution >= 0.6 is 22.6 Å². The van der Waals surface area contributed by atoms with E-state index in [2.05, 4.69) is 27.3 Å². The van der Waals surface area contributed by atoms with E-state index in [9.17, 15) is 8.42 Å². The van der Waals surface area contributed by atoms with Crippen molar-refractivity contribution in [1.29, 1.82) is 0 Å². The van der Waals surface area contributed by atoms with Gasteiger partial charge in [0.25, 0.3) is 10.0 Å². The number of sulfonamides is 1. The Morgan fingerprint density at radius 2 is 1.70 bits per heavy atom. The van der Waals surface area contributed by atoms with Crippen molar-refractivity contribution in [3.8, 4) is 0 Å². The summed E-state index contributed by atoms with van der Waals surface area (Å²) in [6.45, 7) is 3.71. The molecule has 106 valence electrons. The number of hydrogen-bond acceptors (Lipinski definition) is 3. The van der Waals surface area contributed by atoms with Gasteiger partial charge in [0.15, 0.2) is 0 Å². The molecule has 0 aliphatic carbocycles. The van der Waals surface area contributed by atoms with E-state index >= 15 is 0 Å². The van der Waals surface area contributed by atoms with Gasteiger partial charge in [-0.1, -0.05) is 0 Å². The SMILES string of the molecule is Cc1cc(S(=O)(=O)Nc2ccc(I)cc2)cc(N)c1C. The minimum absolute atomic E-state index is 0.177. The molecule has 4 nitrogen and oxygen atoms in total. The number of halogens is 1. The minimum Gasteiger partial charge on any atom is -0.398 e. The highest BCUT2D eigenvalue weighted by Gasteiger charge is 2.16. The number of nitrogens with two attached hydrogens (primary N) is 1. The predicted molar refractivity (Wildman–Crippen MR) is 90.3 cm³/mol. The van der Waals surface area contributed by atoms with Crippen molar-refractivity contribution in [1.82, 2.24) is 0 Å². The Kier molecular flexibility index (Phi) is 4.24. The van der Waals surface area contributed by atoms with Gasteiger partial charge < -0.3 is 5.73 Å². The van der Waals surface area contributed by atoms with E-state index in [1.165, 1.54) is 6.07 Å². The van der Waals surface area contributed by atoms with E-state index in [-0.39, 0.29) is 4.90 Å². The third-order valence-corrected chi connectivity index (χ3v) is 5.17. The van der Waals surface area contributed by atoms with Gasteiger partial charge in [-0.25, -0.2) is 8.42 Å². The maximum absolute atomic E-state index is 12.3. The normalized spacial score (nSPS) is 11.3. The zero-order valence-corrected chi connectivity index (χ0v) is 14.1. The van der Waals surface area contributed by atoms with Crippen molar-refractivity contribution in [2.24, 2.45) is 0 Å². The van der Waals surface area contributed by atoms with Gasteiger partial charge in [0.05, 0.1) is 4.90 Å². The summed E-state index contributed by atoms with van der Waals surface area (Å²) in [6, 6.07) is 10.2. The van der Waals surface area contributed by atoms with Crippen molar-refractivity contribution >= 4 is 44.0 Å². The van der Waals surface area contributed by atoms with Gasteiger partial charge in [-0.05, 0) is 84.0 Å². The zero-order valence-electron chi connectivity index (χ0n) is 11.1. The molecule has 0 amide bonds. The monoisotopic (exact) mass is 402 g/mol. The van der Waals surface area contributed by atoms with Crippen LogP contribution in [0, 0.1) is 17.4 Å². The van der Waals surface area contributed by atoms with Gasteiger partial charge >= 0.3 is 0 Å². The fourth-order valence-corrected chi connectivity index (χ4v) is 3.28. The van der Waals surface area contributed by atoms with Crippen LogP contribution in [-0.2, 0) is 10.0 Å². The fourth-order valence-electron chi connectivity index (χ4n) is 1.74. The average molecular weight is 402 g/mol. The summed E-state index contributed by atoms with van der Waals surface area (Å²) in [5.41, 5.74) is 8.60. The van der Waals surface area contributed by atoms with Crippen LogP contribution in [0.15, 0.2) is 41.3 Å². The molecule has 0 aromatic heterocycles. The molecule has 3 N–H and O–H groups in total. The summed E-state index contributed by atoms with van der Waals surface area (Å²) >= 11 is 2.16. The Morgan fingerprint density at radius 3 is 2.25 bits per heavy atom. The second kappa shape index (κ2) is 5.61. The van der Waals surface area contributed by atoms with Crippen LogP contribution in [0.3, 0.4) is 0 Å². The second-order valence-corrected chi connectivity index (χ2v) is 7.49. The molecule has 0 fully saturated rings. The molecule has 0 saturated carbocycles. The van der Waals surface area contributed by atoms with Gasteiger partial charge in [-0.15, -0.1) is 0 Å². The van der Waals surface area contributed by atoms with E-state index in [4.69, 9.17) is 5.73 Å². The highest BCUT2D eigenvalue weighted by atomic mass is 127. The highest BCUT2D eigenvalue weighted by Crippen LogP contribution is 2.23. The van der Waals surface area contributed by atoms with Gasteiger partial charge in [0.2, 0.25) is 0 Å². The van der Waals surface area contributed by atoms with Crippen LogP contribution in [0.5, 0.6) is 0 Å². The van der Waals surface area contributed by atoms with Gasteiger partial charge in [-0.2, -0.15) is 0 Å². The standard InChI is InChI=1S/C14H15IN2O2S/c1-9-7-13(8-14(16)10(9)2)20(18,19)17-12-5-3-11(15)4-6-12/h3-8,17H,16H2,1-2H3. The molecule has 20 heavy (non-hydrogen) atoms. The van der Waals surface area contributed by atoms with Crippen molar-refractivity contribution < 1.29 is 8.42 Å². The molecular weight excluding hydrogens is 387 g/mol. The molecule has 0 atom stereocenters. The van der Waals surface area contributed by atoms with Crippen molar-refractivity contribution in [2.75, 3.05) is 10.5 Å². The fraction of sp³-hybridized carbons (Fsp3) is 0.143. The number of benzene rings is 2. The number of anilines is 2. The first-order valence-corrected chi connectivity index (χ1v) is 8.51. The topological polar surface area (TPSA) is 72.2 Å². The number of aryl methyl sites for hydroxylation is 1. The van der Waals surface area contributed by atoms with Crippen LogP contribution in [0.4, 0.5) is 11.4 Å². The minimum atomic E-state index is -3.62. The van der Waals surface area contributed by atoms with Crippen molar-refractivity contribution in [2.45, 2.75) is 18.7 Å². The van der Waals surface area contributed by atoms with Crippen LogP contribution in [0.2, 0.25) is 0 Å². The first-order valence-electron chi connectivity index (χ1n) is 5.95. The van der Waals surface area contributed by atoms with Gasteiger partial charge in [0, 0.05) is 14.9 Å². The largest absolute Gasteiger partial charge is 0.398 e. The Labute approximate surface area is 132 Å². The van der Waals surface area contributed by atoms with E-state index in [1.54, 1.807) is 18.2 Å². The third kappa shape index (κ3) is 3.24. The Balaban J connectivity index is 2.38. The smallest absolute Gasteiger partial charge is 0.261 e. The maximum atomic E-state index is 12.3. The Morgan fingerprint density at radius 1 is 1.10 bits per heavy atom. The average Bonchev–Trinajstić information content (AvgIpc) is 2.38. The number of nitrogens with one attached hydrogen (secondary N) is 1. The molecule has 0 unspecified atom stereocenters. The van der Waals surface area contributed by atoms with E-state index < -0.39 is 10.0 Å². The molecule has 2 rings (SSSR count). The molecule has 6 heteroatoms. The lowest BCUT2D eigenvalue weighted by Gasteiger charge is -2.11. The van der Waals surface area contributed by atoms with E-state index in [0.29, 0.717) is 11.4 Å². The van der Waals surface area contributed by atoms with E-state index in [0.717, 1.165) is 14.7 Å². The molecular formula is C14H15IN2O2S. The summed E-state index contributed by atoms with van der Waals surface area (Å²) in [7, 11) is -3.62. The highest BCUT2D eigenvalue weighted by molar-refractivity contribution is 14.1. The first-order chi connectivity index (χ1) is 9.29. The molecule has 0 radical (unpaired) electrons. The van der Waals surface area contributed by atoms with Gasteiger partial charge in [0.1, 0.15) is 0 Å². The van der Waals surface area contributed by atoms with Crippen LogP contribution in [-0.4, -0.2) is 8.42 Å². The van der Waals surface area contributed by atoms with Crippen LogP contribution in [0.1, 0.15) is 11.1 Å². The number of hydrogen-bond donors (Lipinski definition) is 2. The van der Waals surface area contributed by atoms with E-state index in [1.807, 2.05) is 26.0 Å². The second-order valence-electron chi connectivity index (χ2n) is 4.57. The molecule has 0 heterocycles. The quantitative estimate of drug-likeness (QED) is 0.612. The lowest BCUT2D eigenvalue weighted by Crippen LogP contribution is -2.14. The van der Waals surface area contributed by atoms with Crippen molar-refractivity contribution in [3.05, 3.63) is 51.1 Å². The summed E-state index contributed by atoms with van der Waals surface area (Å²) in [5.74, 6) is 0. The summed E-state index contributed by atoms with van der Waals surface area (Å²) in [6.07, 6.45) is 0.